The van der Waals surface area contributed by atoms with Gasteiger partial charge in [-0.05, 0) is 47.9 Å². The van der Waals surface area contributed by atoms with E-state index in [0.29, 0.717) is 34.7 Å². The average Bonchev–Trinajstić information content (AvgIpc) is 3.06. The number of Topliss-reactive ketones (excluding diaryl/α,β-unsaturated/α-hetero) is 2. The number of rotatable bonds is 5. The number of aromatic amines is 1. The van der Waals surface area contributed by atoms with Gasteiger partial charge >= 0.3 is 0 Å². The highest BCUT2D eigenvalue weighted by Crippen LogP contribution is 2.45. The number of halogens is 1. The predicted molar refractivity (Wildman–Crippen MR) is 159 cm³/mol. The number of benzene rings is 1. The lowest BCUT2D eigenvalue weighted by molar-refractivity contribution is -0.357. The van der Waals surface area contributed by atoms with Gasteiger partial charge in [0.05, 0.1) is 5.76 Å². The first-order valence-electron chi connectivity index (χ1n) is 13.5. The summed E-state index contributed by atoms with van der Waals surface area (Å²) in [7, 11) is 0. The molecule has 2 aliphatic carbocycles. The van der Waals surface area contributed by atoms with Crippen LogP contribution in [0.25, 0.3) is 10.9 Å². The Morgan fingerprint density at radius 2 is 1.77 bits per heavy atom. The summed E-state index contributed by atoms with van der Waals surface area (Å²) >= 11 is 6.02. The van der Waals surface area contributed by atoms with E-state index < -0.39 is 5.92 Å². The molecule has 1 amide bonds. The number of anilines is 1. The average molecular weight is 562 g/mol. The molecule has 2 aliphatic rings. The molecule has 1 aromatic heterocycles. The molecule has 0 bridgehead atoms. The second-order valence-electron chi connectivity index (χ2n) is 12.9. The lowest BCUT2D eigenvalue weighted by Gasteiger charge is -2.37. The third-order valence-corrected chi connectivity index (χ3v) is 8.03. The van der Waals surface area contributed by atoms with Gasteiger partial charge in [0.15, 0.2) is 23.2 Å². The van der Waals surface area contributed by atoms with Crippen LogP contribution in [0.2, 0.25) is 0 Å². The number of aliphatic hydroxyl groups excluding tert-OH is 1. The molecule has 0 saturated carbocycles. The van der Waals surface area contributed by atoms with Crippen LogP contribution in [0.4, 0.5) is 5.69 Å². The first-order valence-corrected chi connectivity index (χ1v) is 13.9. The van der Waals surface area contributed by atoms with E-state index in [1.165, 1.54) is 0 Å². The summed E-state index contributed by atoms with van der Waals surface area (Å²) in [6, 6.07) is 9.05. The molecule has 0 spiro atoms. The monoisotopic (exact) mass is 561 g/mol. The van der Waals surface area contributed by atoms with Crippen LogP contribution in [-0.4, -0.2) is 22.6 Å². The summed E-state index contributed by atoms with van der Waals surface area (Å²) in [5.74, 6) is -1.61. The minimum Gasteiger partial charge on any atom is -0.512 e. The molecule has 0 aliphatic heterocycles. The van der Waals surface area contributed by atoms with E-state index in [1.807, 2.05) is 24.3 Å². The van der Waals surface area contributed by atoms with Gasteiger partial charge < -0.3 is 10.4 Å². The third kappa shape index (κ3) is 5.55. The van der Waals surface area contributed by atoms with E-state index >= 15 is 0 Å². The van der Waals surface area contributed by atoms with Crippen molar-refractivity contribution in [2.24, 2.45) is 16.7 Å². The number of carbonyl (C=O) groups excluding carboxylic acids is 3. The van der Waals surface area contributed by atoms with Gasteiger partial charge in [-0.3, -0.25) is 14.4 Å². The highest BCUT2D eigenvalue weighted by atomic mass is 35.5. The van der Waals surface area contributed by atoms with E-state index in [4.69, 9.17) is 11.6 Å². The number of aromatic nitrogens is 1. The zero-order valence-electron chi connectivity index (χ0n) is 24.3. The fourth-order valence-corrected chi connectivity index (χ4v) is 5.85. The molecule has 6 nitrogen and oxygen atoms in total. The van der Waals surface area contributed by atoms with Crippen LogP contribution >= 0.6 is 11.6 Å². The molecule has 1 heterocycles. The van der Waals surface area contributed by atoms with Gasteiger partial charge in [0.1, 0.15) is 5.69 Å². The van der Waals surface area contributed by atoms with Crippen molar-refractivity contribution in [2.75, 3.05) is 5.32 Å². The number of aliphatic hydroxyl groups is 1. The third-order valence-electron chi connectivity index (χ3n) is 7.84. The Morgan fingerprint density at radius 1 is 1.10 bits per heavy atom. The Balaban J connectivity index is 1.63. The number of carbonyl (C=O) groups is 3. The number of amides is 1. The van der Waals surface area contributed by atoms with E-state index in [-0.39, 0.29) is 51.2 Å². The number of fused-ring (bicyclic) bond motifs is 1. The lowest BCUT2D eigenvalue weighted by atomic mass is 9.68. The largest absolute Gasteiger partial charge is 0.512 e. The number of hydrogen-bond acceptors (Lipinski definition) is 4. The summed E-state index contributed by atoms with van der Waals surface area (Å²) in [5.41, 5.74) is 3.43. The Kier molecular flexibility index (Phi) is 7.72. The first-order chi connectivity index (χ1) is 18.5. The standard InChI is InChI=1S/C33H37ClN2O4/c1-17-26(18(2)34)31(40)27(29(17)38)23-13-12-20-10-9-11-24(28(20)36-23)35-25(37)16-19-14-21(32(3,4)5)30(39)22(15-19)33(6,7)8/h9-14,22,27,39H,2,15-16H2,1,3-8H3,(H,35,37)/p+1. The fourth-order valence-electron chi connectivity index (χ4n) is 5.62. The molecular formula is C33H38ClN2O4+. The zero-order valence-corrected chi connectivity index (χ0v) is 25.0. The zero-order chi connectivity index (χ0) is 29.7. The molecule has 2 aromatic rings. The first kappa shape index (κ1) is 29.5. The summed E-state index contributed by atoms with van der Waals surface area (Å²) < 4.78 is 0. The van der Waals surface area contributed by atoms with Gasteiger partial charge in [-0.15, -0.1) is 0 Å². The van der Waals surface area contributed by atoms with Crippen LogP contribution < -0.4 is 10.3 Å². The molecule has 1 aromatic carbocycles. The number of nitrogens with one attached hydrogen (secondary N) is 2. The van der Waals surface area contributed by atoms with Crippen molar-refractivity contribution in [1.82, 2.24) is 0 Å². The van der Waals surface area contributed by atoms with Crippen molar-refractivity contribution in [2.45, 2.75) is 67.2 Å². The molecule has 3 N–H and O–H groups in total. The molecular weight excluding hydrogens is 524 g/mol. The Bertz CT molecular complexity index is 1550. The van der Waals surface area contributed by atoms with Crippen LogP contribution in [-0.2, 0) is 14.4 Å². The van der Waals surface area contributed by atoms with Gasteiger partial charge in [0.2, 0.25) is 11.4 Å². The van der Waals surface area contributed by atoms with Gasteiger partial charge in [0.25, 0.3) is 0 Å². The van der Waals surface area contributed by atoms with Crippen molar-refractivity contribution < 1.29 is 24.5 Å². The highest BCUT2D eigenvalue weighted by Gasteiger charge is 2.44. The maximum Gasteiger partial charge on any atom is 0.234 e. The second kappa shape index (κ2) is 10.5. The van der Waals surface area contributed by atoms with Crippen LogP contribution in [0.1, 0.15) is 72.9 Å². The van der Waals surface area contributed by atoms with Crippen molar-refractivity contribution in [3.63, 3.8) is 0 Å². The van der Waals surface area contributed by atoms with Crippen LogP contribution in [0, 0.1) is 16.7 Å². The van der Waals surface area contributed by atoms with Crippen molar-refractivity contribution in [3.8, 4) is 0 Å². The maximum atomic E-state index is 13.3. The molecule has 0 radical (unpaired) electrons. The van der Waals surface area contributed by atoms with Crippen molar-refractivity contribution in [1.29, 1.82) is 0 Å². The number of ketones is 2. The molecule has 0 saturated heterocycles. The Labute approximate surface area is 240 Å². The molecule has 0 fully saturated rings. The molecule has 40 heavy (non-hydrogen) atoms. The summed E-state index contributed by atoms with van der Waals surface area (Å²) in [4.78, 5) is 42.6. The van der Waals surface area contributed by atoms with Crippen molar-refractivity contribution in [3.05, 3.63) is 81.8 Å². The summed E-state index contributed by atoms with van der Waals surface area (Å²) in [5, 5.41) is 15.0. The number of H-pyrrole nitrogens is 1. The van der Waals surface area contributed by atoms with Crippen LogP contribution in [0.3, 0.4) is 0 Å². The summed E-state index contributed by atoms with van der Waals surface area (Å²) in [6.07, 6.45) is 2.75. The second-order valence-corrected chi connectivity index (χ2v) is 13.4. The molecule has 4 rings (SSSR count). The SMILES string of the molecule is C=C(Cl)C1=C(C)C(=O)C(c2ccc3cccc(NC(=O)CC4=CC(C(C)(C)C)=C(O)C(C(C)(C)C)C4)c3[nH+]2)C1=O. The smallest absolute Gasteiger partial charge is 0.234 e. The van der Waals surface area contributed by atoms with E-state index in [9.17, 15) is 19.5 Å². The number of hydrogen-bond donors (Lipinski definition) is 2. The minimum atomic E-state index is -1.03. The van der Waals surface area contributed by atoms with Crippen LogP contribution in [0.15, 0.2) is 76.1 Å². The minimum absolute atomic E-state index is 0.0515. The summed E-state index contributed by atoms with van der Waals surface area (Å²) in [6.45, 7) is 17.7. The lowest BCUT2D eigenvalue weighted by Crippen LogP contribution is -2.29. The van der Waals surface area contributed by atoms with Gasteiger partial charge in [-0.25, -0.2) is 4.98 Å². The van der Waals surface area contributed by atoms with Gasteiger partial charge in [-0.2, -0.15) is 0 Å². The van der Waals surface area contributed by atoms with Gasteiger partial charge in [0, 0.05) is 40.0 Å². The Morgan fingerprint density at radius 3 is 2.35 bits per heavy atom. The van der Waals surface area contributed by atoms with E-state index in [0.717, 1.165) is 16.5 Å². The fraction of sp³-hybridized carbons (Fsp3) is 0.394. The number of allylic oxidation sites excluding steroid dienone is 6. The van der Waals surface area contributed by atoms with Gasteiger partial charge in [-0.1, -0.05) is 77.4 Å². The number of pyridine rings is 1. The number of para-hydroxylation sites is 1. The molecule has 2 atom stereocenters. The molecule has 2 unspecified atom stereocenters. The normalized spacial score (nSPS) is 20.4. The Hall–Kier alpha value is -3.51. The topological polar surface area (TPSA) is 97.6 Å². The highest BCUT2D eigenvalue weighted by molar-refractivity contribution is 6.40. The van der Waals surface area contributed by atoms with Crippen molar-refractivity contribution >= 4 is 45.7 Å². The maximum absolute atomic E-state index is 13.3. The predicted octanol–water partition coefficient (Wildman–Crippen LogP) is 7.14. The quantitative estimate of drug-likeness (QED) is 0.379. The molecule has 7 heteroatoms. The van der Waals surface area contributed by atoms with E-state index in [2.05, 4.69) is 58.4 Å². The van der Waals surface area contributed by atoms with E-state index in [1.54, 1.807) is 19.1 Å². The van der Waals surface area contributed by atoms with Crippen LogP contribution in [0.5, 0.6) is 0 Å². The molecule has 210 valence electrons.